The number of phenols is 1. The number of nitrogen functional groups attached to an aromatic ring is 1. The van der Waals surface area contributed by atoms with Crippen molar-refractivity contribution in [2.24, 2.45) is 0 Å². The molecule has 0 fully saturated rings. The summed E-state index contributed by atoms with van der Waals surface area (Å²) in [4.78, 5) is 11.0. The lowest BCUT2D eigenvalue weighted by Gasteiger charge is -1.98. The highest BCUT2D eigenvalue weighted by Gasteiger charge is 2.18. The van der Waals surface area contributed by atoms with Crippen molar-refractivity contribution in [3.8, 4) is 17.1 Å². The molecule has 0 radical (unpaired) electrons. The fraction of sp³-hybridized carbons (Fsp3) is 0. The van der Waals surface area contributed by atoms with Crippen molar-refractivity contribution in [1.29, 1.82) is 0 Å². The van der Waals surface area contributed by atoms with Crippen molar-refractivity contribution in [2.75, 3.05) is 5.73 Å². The van der Waals surface area contributed by atoms with Gasteiger partial charge < -0.3 is 20.4 Å². The molecule has 0 aliphatic rings. The molecule has 3 rings (SSSR count). The molecule has 0 saturated heterocycles. The number of hydrogen-bond donors (Lipinski definition) is 3. The first-order valence-corrected chi connectivity index (χ1v) is 5.91. The van der Waals surface area contributed by atoms with E-state index in [-0.39, 0.29) is 11.3 Å². The summed E-state index contributed by atoms with van der Waals surface area (Å²) in [6.45, 7) is 0. The van der Waals surface area contributed by atoms with E-state index in [1.54, 1.807) is 0 Å². The highest BCUT2D eigenvalue weighted by atomic mass is 16.4. The standard InChI is InChI=1S/C15H11NO4/c16-13-10-6-9(15(18)19)11(17)7-12(10)20-14(13)8-4-2-1-3-5-8/h1-7,17H,16H2,(H,18,19). The van der Waals surface area contributed by atoms with Crippen LogP contribution in [0.25, 0.3) is 22.3 Å². The van der Waals surface area contributed by atoms with E-state index in [1.807, 2.05) is 30.3 Å². The summed E-state index contributed by atoms with van der Waals surface area (Å²) in [5, 5.41) is 19.1. The number of fused-ring (bicyclic) bond motifs is 1. The van der Waals surface area contributed by atoms with Gasteiger partial charge in [-0.25, -0.2) is 4.79 Å². The molecule has 3 aromatic rings. The van der Waals surface area contributed by atoms with E-state index in [0.717, 1.165) is 5.56 Å². The van der Waals surface area contributed by atoms with Crippen molar-refractivity contribution in [2.45, 2.75) is 0 Å². The molecule has 0 spiro atoms. The largest absolute Gasteiger partial charge is 0.507 e. The summed E-state index contributed by atoms with van der Waals surface area (Å²) < 4.78 is 5.62. The first-order chi connectivity index (χ1) is 9.58. The van der Waals surface area contributed by atoms with Gasteiger partial charge in [-0.3, -0.25) is 0 Å². The number of nitrogens with two attached hydrogens (primary N) is 1. The molecule has 4 N–H and O–H groups in total. The van der Waals surface area contributed by atoms with E-state index in [2.05, 4.69) is 0 Å². The highest BCUT2D eigenvalue weighted by molar-refractivity contribution is 6.03. The predicted octanol–water partition coefficient (Wildman–Crippen LogP) is 3.09. The van der Waals surface area contributed by atoms with Crippen LogP contribution in [-0.2, 0) is 0 Å². The summed E-state index contributed by atoms with van der Waals surface area (Å²) in [7, 11) is 0. The second kappa shape index (κ2) is 4.31. The number of carboxylic acids is 1. The maximum Gasteiger partial charge on any atom is 0.339 e. The highest BCUT2D eigenvalue weighted by Crippen LogP contribution is 2.38. The Hall–Kier alpha value is -2.95. The number of anilines is 1. The molecular weight excluding hydrogens is 258 g/mol. The molecule has 0 saturated carbocycles. The van der Waals surface area contributed by atoms with Gasteiger partial charge in [0.05, 0.1) is 5.69 Å². The Morgan fingerprint density at radius 2 is 1.85 bits per heavy atom. The van der Waals surface area contributed by atoms with E-state index < -0.39 is 5.97 Å². The molecular formula is C15H11NO4. The molecule has 5 heteroatoms. The van der Waals surface area contributed by atoms with E-state index in [0.29, 0.717) is 22.4 Å². The van der Waals surface area contributed by atoms with Gasteiger partial charge in [-0.15, -0.1) is 0 Å². The number of aromatic carboxylic acids is 1. The van der Waals surface area contributed by atoms with Gasteiger partial charge in [0.1, 0.15) is 16.9 Å². The zero-order chi connectivity index (χ0) is 14.3. The molecule has 0 aliphatic heterocycles. The van der Waals surface area contributed by atoms with Crippen LogP contribution in [0.3, 0.4) is 0 Å². The molecule has 0 unspecified atom stereocenters. The van der Waals surface area contributed by atoms with Crippen molar-refractivity contribution in [3.05, 3.63) is 48.0 Å². The lowest BCUT2D eigenvalue weighted by molar-refractivity contribution is 0.0694. The number of carboxylic acid groups (broad SMARTS) is 1. The minimum absolute atomic E-state index is 0.204. The van der Waals surface area contributed by atoms with Crippen LogP contribution < -0.4 is 5.73 Å². The molecule has 20 heavy (non-hydrogen) atoms. The average Bonchev–Trinajstić information content (AvgIpc) is 2.75. The van der Waals surface area contributed by atoms with Crippen LogP contribution in [0.1, 0.15) is 10.4 Å². The zero-order valence-electron chi connectivity index (χ0n) is 10.3. The van der Waals surface area contributed by atoms with Crippen molar-refractivity contribution < 1.29 is 19.4 Å². The average molecular weight is 269 g/mol. The Labute approximate surface area is 113 Å². The van der Waals surface area contributed by atoms with Crippen LogP contribution in [0.2, 0.25) is 0 Å². The predicted molar refractivity (Wildman–Crippen MR) is 74.7 cm³/mol. The normalized spacial score (nSPS) is 10.8. The van der Waals surface area contributed by atoms with Gasteiger partial charge in [0.2, 0.25) is 0 Å². The van der Waals surface area contributed by atoms with Gasteiger partial charge in [0.25, 0.3) is 0 Å². The van der Waals surface area contributed by atoms with Crippen LogP contribution in [0.15, 0.2) is 46.9 Å². The zero-order valence-corrected chi connectivity index (χ0v) is 10.3. The number of aromatic hydroxyl groups is 1. The molecule has 2 aromatic carbocycles. The third-order valence-corrected chi connectivity index (χ3v) is 3.11. The molecule has 5 nitrogen and oxygen atoms in total. The fourth-order valence-electron chi connectivity index (χ4n) is 2.13. The third-order valence-electron chi connectivity index (χ3n) is 3.11. The van der Waals surface area contributed by atoms with Gasteiger partial charge in [-0.1, -0.05) is 30.3 Å². The Morgan fingerprint density at radius 1 is 1.15 bits per heavy atom. The van der Waals surface area contributed by atoms with Gasteiger partial charge in [-0.2, -0.15) is 0 Å². The minimum Gasteiger partial charge on any atom is -0.507 e. The topological polar surface area (TPSA) is 96.7 Å². The van der Waals surface area contributed by atoms with Crippen LogP contribution in [0.5, 0.6) is 5.75 Å². The number of rotatable bonds is 2. The van der Waals surface area contributed by atoms with Gasteiger partial charge in [-0.05, 0) is 6.07 Å². The SMILES string of the molecule is Nc1c(-c2ccccc2)oc2cc(O)c(C(=O)O)cc12. The molecule has 0 bridgehead atoms. The summed E-state index contributed by atoms with van der Waals surface area (Å²) in [6, 6.07) is 11.8. The van der Waals surface area contributed by atoms with E-state index in [9.17, 15) is 9.90 Å². The van der Waals surface area contributed by atoms with Crippen molar-refractivity contribution in [1.82, 2.24) is 0 Å². The number of benzene rings is 2. The second-order valence-corrected chi connectivity index (χ2v) is 4.38. The Morgan fingerprint density at radius 3 is 2.50 bits per heavy atom. The van der Waals surface area contributed by atoms with Gasteiger partial charge in [0.15, 0.2) is 5.76 Å². The van der Waals surface area contributed by atoms with Crippen molar-refractivity contribution in [3.63, 3.8) is 0 Å². The van der Waals surface area contributed by atoms with Crippen LogP contribution in [-0.4, -0.2) is 16.2 Å². The molecule has 100 valence electrons. The van der Waals surface area contributed by atoms with E-state index in [4.69, 9.17) is 15.3 Å². The Balaban J connectivity index is 2.28. The third kappa shape index (κ3) is 1.76. The van der Waals surface area contributed by atoms with Crippen molar-refractivity contribution >= 4 is 22.6 Å². The maximum atomic E-state index is 11.0. The van der Waals surface area contributed by atoms with Crippen LogP contribution in [0.4, 0.5) is 5.69 Å². The summed E-state index contributed by atoms with van der Waals surface area (Å²) in [6.07, 6.45) is 0. The molecule has 1 heterocycles. The van der Waals surface area contributed by atoms with Gasteiger partial charge in [0, 0.05) is 17.0 Å². The number of hydrogen-bond acceptors (Lipinski definition) is 4. The monoisotopic (exact) mass is 269 g/mol. The van der Waals surface area contributed by atoms with E-state index in [1.165, 1.54) is 12.1 Å². The minimum atomic E-state index is -1.22. The summed E-state index contributed by atoms with van der Waals surface area (Å²) in [5.41, 5.74) is 7.31. The Bertz CT molecular complexity index is 806. The maximum absolute atomic E-state index is 11.0. The van der Waals surface area contributed by atoms with Gasteiger partial charge >= 0.3 is 5.97 Å². The smallest absolute Gasteiger partial charge is 0.339 e. The van der Waals surface area contributed by atoms with Crippen LogP contribution >= 0.6 is 0 Å². The molecule has 0 aliphatic carbocycles. The Kier molecular flexibility index (Phi) is 2.61. The summed E-state index contributed by atoms with van der Waals surface area (Å²) >= 11 is 0. The molecule has 0 amide bonds. The lowest BCUT2D eigenvalue weighted by Crippen LogP contribution is -1.96. The number of furan rings is 1. The van der Waals surface area contributed by atoms with E-state index >= 15 is 0 Å². The summed E-state index contributed by atoms with van der Waals surface area (Å²) in [5.74, 6) is -1.10. The first kappa shape index (κ1) is 12.1. The molecule has 0 atom stereocenters. The molecule has 1 aromatic heterocycles. The fourth-order valence-corrected chi connectivity index (χ4v) is 2.13. The lowest BCUT2D eigenvalue weighted by atomic mass is 10.1. The first-order valence-electron chi connectivity index (χ1n) is 5.91. The number of carbonyl (C=O) groups is 1. The quantitative estimate of drug-likeness (QED) is 0.664. The van der Waals surface area contributed by atoms with Crippen LogP contribution in [0, 0.1) is 0 Å². The second-order valence-electron chi connectivity index (χ2n) is 4.38.